The van der Waals surface area contributed by atoms with Gasteiger partial charge < -0.3 is 23.4 Å². The summed E-state index contributed by atoms with van der Waals surface area (Å²) >= 11 is 5.04. The van der Waals surface area contributed by atoms with E-state index >= 15 is 0 Å². The first kappa shape index (κ1) is 27.6. The molecule has 0 fully saturated rings. The van der Waals surface area contributed by atoms with Gasteiger partial charge >= 0.3 is 18.1 Å². The molecule has 38 heavy (non-hydrogen) atoms. The van der Waals surface area contributed by atoms with Crippen molar-refractivity contribution in [1.82, 2.24) is 19.1 Å². The van der Waals surface area contributed by atoms with E-state index in [-0.39, 0.29) is 24.5 Å². The van der Waals surface area contributed by atoms with Crippen molar-refractivity contribution in [3.05, 3.63) is 99.6 Å². The fourth-order valence-electron chi connectivity index (χ4n) is 3.61. The van der Waals surface area contributed by atoms with E-state index < -0.39 is 53.9 Å². The Morgan fingerprint density at radius 2 is 1.61 bits per heavy atom. The van der Waals surface area contributed by atoms with Crippen LogP contribution in [0.2, 0.25) is 0 Å². The molecule has 18 heteroatoms. The van der Waals surface area contributed by atoms with Crippen LogP contribution in [0.5, 0.6) is 0 Å². The molecule has 0 amide bonds. The molecule has 0 aliphatic carbocycles. The van der Waals surface area contributed by atoms with Crippen molar-refractivity contribution in [2.75, 3.05) is 13.2 Å². The molecule has 2 aliphatic rings. The molecule has 4 rings (SSSR count). The van der Waals surface area contributed by atoms with Gasteiger partial charge in [-0.1, -0.05) is 11.2 Å². The fraction of sp³-hybridized carbons (Fsp3) is 0.400. The minimum atomic E-state index is -3.83. The quantitative estimate of drug-likeness (QED) is 0.125. The first-order valence-corrected chi connectivity index (χ1v) is 13.6. The number of rotatable bonds is 9. The molecule has 0 radical (unpaired) electrons. The maximum atomic E-state index is 12.2. The number of nitrogens with zero attached hydrogens (tertiary/aromatic N) is 5. The van der Waals surface area contributed by atoms with Gasteiger partial charge in [0.15, 0.2) is 12.5 Å². The van der Waals surface area contributed by atoms with Crippen molar-refractivity contribution in [3.63, 3.8) is 0 Å². The van der Waals surface area contributed by atoms with Crippen LogP contribution < -0.4 is 22.5 Å². The van der Waals surface area contributed by atoms with Gasteiger partial charge in [-0.3, -0.25) is 28.7 Å². The van der Waals surface area contributed by atoms with E-state index in [0.717, 1.165) is 4.57 Å². The summed E-state index contributed by atoms with van der Waals surface area (Å²) in [6.07, 6.45) is 3.71. The second kappa shape index (κ2) is 11.1. The number of H-pyrrole nitrogens is 2. The number of hydrogen-bond donors (Lipinski definition) is 3. The van der Waals surface area contributed by atoms with Gasteiger partial charge in [0.1, 0.15) is 12.2 Å². The summed E-state index contributed by atoms with van der Waals surface area (Å²) in [5.74, 6) is 0. The molecule has 2 aliphatic heterocycles. The van der Waals surface area contributed by atoms with Crippen LogP contribution >= 0.6 is 6.72 Å². The number of azide groups is 1. The van der Waals surface area contributed by atoms with Crippen molar-refractivity contribution in [3.8, 4) is 0 Å². The first-order valence-electron chi connectivity index (χ1n) is 11.0. The Bertz CT molecular complexity index is 1630. The summed E-state index contributed by atoms with van der Waals surface area (Å²) in [7, 11) is 0. The Balaban J connectivity index is 1.35. The summed E-state index contributed by atoms with van der Waals surface area (Å²) in [4.78, 5) is 65.0. The lowest BCUT2D eigenvalue weighted by molar-refractivity contribution is -0.0213. The van der Waals surface area contributed by atoms with E-state index in [9.17, 15) is 24.1 Å². The van der Waals surface area contributed by atoms with Crippen LogP contribution in [0.4, 0.5) is 0 Å². The predicted octanol–water partition coefficient (Wildman–Crippen LogP) is 0.499. The topological polar surface area (TPSA) is 216 Å². The van der Waals surface area contributed by atoms with Gasteiger partial charge in [-0.05, 0) is 43.3 Å². The van der Waals surface area contributed by atoms with Crippen LogP contribution in [0.15, 0.2) is 60.6 Å². The molecule has 0 saturated carbocycles. The zero-order chi connectivity index (χ0) is 27.6. The molecule has 202 valence electrons. The van der Waals surface area contributed by atoms with Gasteiger partial charge in [0.2, 0.25) is 0 Å². The van der Waals surface area contributed by atoms with E-state index in [1.54, 1.807) is 19.1 Å². The fourth-order valence-corrected chi connectivity index (χ4v) is 4.71. The van der Waals surface area contributed by atoms with E-state index in [0.29, 0.717) is 5.56 Å². The van der Waals surface area contributed by atoms with E-state index in [1.807, 2.05) is 0 Å². The van der Waals surface area contributed by atoms with E-state index in [1.165, 1.54) is 30.0 Å². The number of aromatic nitrogens is 4. The predicted molar refractivity (Wildman–Crippen MR) is 135 cm³/mol. The Labute approximate surface area is 217 Å². The molecule has 0 spiro atoms. The molecule has 16 nitrogen and oxygen atoms in total. The summed E-state index contributed by atoms with van der Waals surface area (Å²) in [5.41, 5.74) is 7.12. The molecule has 0 saturated heterocycles. The van der Waals surface area contributed by atoms with Crippen LogP contribution in [0.3, 0.4) is 0 Å². The van der Waals surface area contributed by atoms with Gasteiger partial charge in [-0.15, -0.1) is 0 Å². The summed E-state index contributed by atoms with van der Waals surface area (Å²) in [6.45, 7) is -1.36. The highest BCUT2D eigenvalue weighted by Gasteiger charge is 2.31. The Morgan fingerprint density at radius 1 is 1.03 bits per heavy atom. The van der Waals surface area contributed by atoms with Gasteiger partial charge in [-0.2, -0.15) is 0 Å². The summed E-state index contributed by atoms with van der Waals surface area (Å²) in [5, 5.41) is 3.54. The number of nitrogens with one attached hydrogen (secondary N) is 2. The van der Waals surface area contributed by atoms with Crippen LogP contribution in [0.1, 0.15) is 23.6 Å². The Hall–Kier alpha value is -3.40. The molecule has 4 heterocycles. The third-order valence-corrected chi connectivity index (χ3v) is 7.13. The highest BCUT2D eigenvalue weighted by molar-refractivity contribution is 8.07. The van der Waals surface area contributed by atoms with Crippen molar-refractivity contribution < 1.29 is 23.4 Å². The van der Waals surface area contributed by atoms with Crippen LogP contribution in [-0.2, 0) is 30.3 Å². The van der Waals surface area contributed by atoms with Gasteiger partial charge in [0.25, 0.3) is 11.1 Å². The van der Waals surface area contributed by atoms with E-state index in [2.05, 4.69) is 20.0 Å². The number of aromatic amines is 2. The molecular formula is C20H22N7O9PS. The van der Waals surface area contributed by atoms with Crippen LogP contribution in [-0.4, -0.2) is 49.4 Å². The molecular weight excluding hydrogens is 545 g/mol. The Kier molecular flexibility index (Phi) is 8.10. The lowest BCUT2D eigenvalue weighted by Crippen LogP contribution is -2.33. The van der Waals surface area contributed by atoms with Crippen molar-refractivity contribution >= 4 is 18.5 Å². The molecule has 2 aromatic rings. The second-order valence-electron chi connectivity index (χ2n) is 8.26. The van der Waals surface area contributed by atoms with Gasteiger partial charge in [0, 0.05) is 34.1 Å². The zero-order valence-electron chi connectivity index (χ0n) is 19.9. The monoisotopic (exact) mass is 567 g/mol. The van der Waals surface area contributed by atoms with Crippen molar-refractivity contribution in [2.24, 2.45) is 5.11 Å². The average molecular weight is 567 g/mol. The lowest BCUT2D eigenvalue weighted by atomic mass is 10.3. The molecule has 5 atom stereocenters. The standard InChI is InChI=1S/C20H22N7O9PS/c1-10-6-26(19(30)22-17(10)28)15-4-3-12(35-15)8-33-37(32,38)34-9-14-13(24-25-21)5-16(36-14)27-7-11(2)18(29)23-20(27)31/h3-7,12,14-16H,8-9H2,1-2H3,(H,32,38)(H,22,28,30)(H,23,29,31)/t12-,14+,15+,16+,37?/m0/s1. The third kappa shape index (κ3) is 6.18. The highest BCUT2D eigenvalue weighted by atomic mass is 32.5. The first-order chi connectivity index (χ1) is 18.0. The minimum Gasteiger partial charge on any atom is -0.344 e. The maximum absolute atomic E-state index is 12.2. The smallest absolute Gasteiger partial charge is 0.330 e. The average Bonchev–Trinajstić information content (AvgIpc) is 3.49. The Morgan fingerprint density at radius 3 is 2.21 bits per heavy atom. The normalized spacial score (nSPS) is 24.1. The molecule has 1 unspecified atom stereocenters. The SMILES string of the molecule is Cc1cn([C@H]2C=C[C@@H](COP(O)(=S)OC[C@H]3O[C@@H](n4cc(C)c(=O)[nH]c4=O)C=C3N=[N+]=[N-])O2)c(=O)[nH]c1=O. The largest absolute Gasteiger partial charge is 0.344 e. The summed E-state index contributed by atoms with van der Waals surface area (Å²) in [6, 6.07) is 0. The maximum Gasteiger partial charge on any atom is 0.330 e. The lowest BCUT2D eigenvalue weighted by Gasteiger charge is -2.22. The van der Waals surface area contributed by atoms with Crippen LogP contribution in [0, 0.1) is 13.8 Å². The van der Waals surface area contributed by atoms with Crippen LogP contribution in [0.25, 0.3) is 10.4 Å². The van der Waals surface area contributed by atoms with Gasteiger partial charge in [0.05, 0.1) is 13.2 Å². The number of ether oxygens (including phenoxy) is 2. The second-order valence-corrected chi connectivity index (χ2v) is 11.1. The molecule has 0 bridgehead atoms. The number of hydrogen-bond acceptors (Lipinski definition) is 10. The highest BCUT2D eigenvalue weighted by Crippen LogP contribution is 2.45. The third-order valence-electron chi connectivity index (χ3n) is 5.54. The molecule has 0 aromatic carbocycles. The van der Waals surface area contributed by atoms with Crippen molar-refractivity contribution in [2.45, 2.75) is 38.5 Å². The molecule has 3 N–H and O–H groups in total. The van der Waals surface area contributed by atoms with Gasteiger partial charge in [-0.25, -0.2) is 9.59 Å². The zero-order valence-corrected chi connectivity index (χ0v) is 21.6. The minimum absolute atomic E-state index is 0.0785. The summed E-state index contributed by atoms with van der Waals surface area (Å²) < 4.78 is 24.4. The van der Waals surface area contributed by atoms with E-state index in [4.69, 9.17) is 35.9 Å². The van der Waals surface area contributed by atoms with Crippen molar-refractivity contribution in [1.29, 1.82) is 0 Å². The number of aryl methyl sites for hydroxylation is 2. The molecule has 2 aromatic heterocycles.